The first-order valence-corrected chi connectivity index (χ1v) is 11.6. The average Bonchev–Trinajstić information content (AvgIpc) is 3.26. The van der Waals surface area contributed by atoms with E-state index >= 15 is 0 Å². The maximum atomic E-state index is 13.3. The first kappa shape index (κ1) is 19.6. The summed E-state index contributed by atoms with van der Waals surface area (Å²) in [5, 5.41) is 5.54. The van der Waals surface area contributed by atoms with Gasteiger partial charge in [-0.1, -0.05) is 37.7 Å². The number of thioether (sulfide) groups is 1. The number of fused-ring (bicyclic) bond motifs is 3. The summed E-state index contributed by atoms with van der Waals surface area (Å²) in [5.74, 6) is 2.18. The average molecular weight is 419 g/mol. The number of hydrogen-bond acceptors (Lipinski definition) is 7. The maximum absolute atomic E-state index is 13.3. The van der Waals surface area contributed by atoms with Crippen molar-refractivity contribution in [2.45, 2.75) is 76.8 Å². The summed E-state index contributed by atoms with van der Waals surface area (Å²) >= 11 is 3.20. The van der Waals surface area contributed by atoms with E-state index in [-0.39, 0.29) is 16.7 Å². The number of aromatic nitrogens is 4. The standard InChI is InChI=1S/C20H26N4O2S2/c1-6-24-19(25)15-13-8-7-11(4)9-14(13)28-18(15)22-20(24)27-12(5)17-21-16(10(2)3)23-26-17/h10-12H,6-9H2,1-5H3. The second-order valence-electron chi connectivity index (χ2n) is 7.88. The van der Waals surface area contributed by atoms with E-state index in [2.05, 4.69) is 17.1 Å². The highest BCUT2D eigenvalue weighted by atomic mass is 32.2. The molecule has 0 aliphatic heterocycles. The van der Waals surface area contributed by atoms with Crippen molar-refractivity contribution in [2.75, 3.05) is 0 Å². The van der Waals surface area contributed by atoms with E-state index in [0.717, 1.165) is 34.6 Å². The molecule has 28 heavy (non-hydrogen) atoms. The fraction of sp³-hybridized carbons (Fsp3) is 0.600. The number of thiophene rings is 1. The number of rotatable bonds is 5. The summed E-state index contributed by atoms with van der Waals surface area (Å²) in [6, 6.07) is 0. The monoisotopic (exact) mass is 418 g/mol. The Morgan fingerprint density at radius 2 is 2.11 bits per heavy atom. The summed E-state index contributed by atoms with van der Waals surface area (Å²) < 4.78 is 7.22. The first-order chi connectivity index (χ1) is 13.4. The van der Waals surface area contributed by atoms with Crippen LogP contribution in [0.15, 0.2) is 14.5 Å². The Hall–Kier alpha value is -1.67. The van der Waals surface area contributed by atoms with Crippen molar-refractivity contribution in [1.82, 2.24) is 19.7 Å². The smallest absolute Gasteiger partial charge is 0.263 e. The Morgan fingerprint density at radius 1 is 1.32 bits per heavy atom. The van der Waals surface area contributed by atoms with Gasteiger partial charge < -0.3 is 4.52 Å². The van der Waals surface area contributed by atoms with Crippen molar-refractivity contribution in [3.63, 3.8) is 0 Å². The zero-order valence-electron chi connectivity index (χ0n) is 17.0. The number of nitrogens with zero attached hydrogens (tertiary/aromatic N) is 4. The van der Waals surface area contributed by atoms with Gasteiger partial charge in [0.1, 0.15) is 4.83 Å². The van der Waals surface area contributed by atoms with Gasteiger partial charge in [-0.05, 0) is 44.6 Å². The summed E-state index contributed by atoms with van der Waals surface area (Å²) in [6.07, 6.45) is 3.19. The van der Waals surface area contributed by atoms with Crippen LogP contribution in [0, 0.1) is 5.92 Å². The minimum Gasteiger partial charge on any atom is -0.338 e. The van der Waals surface area contributed by atoms with Crippen molar-refractivity contribution in [3.8, 4) is 0 Å². The van der Waals surface area contributed by atoms with Gasteiger partial charge in [0.25, 0.3) is 5.56 Å². The molecule has 0 aromatic carbocycles. The second-order valence-corrected chi connectivity index (χ2v) is 10.3. The third kappa shape index (κ3) is 3.41. The lowest BCUT2D eigenvalue weighted by molar-refractivity contribution is 0.372. The van der Waals surface area contributed by atoms with Crippen LogP contribution in [0.2, 0.25) is 0 Å². The zero-order valence-corrected chi connectivity index (χ0v) is 18.6. The van der Waals surface area contributed by atoms with Crippen molar-refractivity contribution in [1.29, 1.82) is 0 Å². The largest absolute Gasteiger partial charge is 0.338 e. The van der Waals surface area contributed by atoms with Gasteiger partial charge in [0.15, 0.2) is 11.0 Å². The highest BCUT2D eigenvalue weighted by molar-refractivity contribution is 7.99. The maximum Gasteiger partial charge on any atom is 0.263 e. The van der Waals surface area contributed by atoms with Gasteiger partial charge >= 0.3 is 0 Å². The van der Waals surface area contributed by atoms with Crippen molar-refractivity contribution >= 4 is 33.3 Å². The highest BCUT2D eigenvalue weighted by Gasteiger charge is 2.26. The lowest BCUT2D eigenvalue weighted by Crippen LogP contribution is -2.23. The fourth-order valence-corrected chi connectivity index (χ4v) is 6.06. The summed E-state index contributed by atoms with van der Waals surface area (Å²) in [4.78, 5) is 24.9. The lowest BCUT2D eigenvalue weighted by Gasteiger charge is -2.17. The second kappa shape index (κ2) is 7.63. The van der Waals surface area contributed by atoms with E-state index < -0.39 is 0 Å². The molecule has 3 aromatic heterocycles. The molecule has 0 amide bonds. The molecule has 0 bridgehead atoms. The summed E-state index contributed by atoms with van der Waals surface area (Å²) in [6.45, 7) is 11.0. The molecular formula is C20H26N4O2S2. The van der Waals surface area contributed by atoms with Gasteiger partial charge in [0.2, 0.25) is 5.89 Å². The molecule has 4 rings (SSSR count). The topological polar surface area (TPSA) is 73.8 Å². The molecule has 2 unspecified atom stereocenters. The Labute approximate surface area is 172 Å². The molecule has 6 nitrogen and oxygen atoms in total. The normalized spacial score (nSPS) is 18.0. The third-order valence-corrected chi connectivity index (χ3v) is 7.53. The van der Waals surface area contributed by atoms with Crippen LogP contribution in [-0.2, 0) is 19.4 Å². The van der Waals surface area contributed by atoms with Crippen molar-refractivity contribution in [3.05, 3.63) is 32.5 Å². The van der Waals surface area contributed by atoms with E-state index in [1.54, 1.807) is 15.9 Å². The summed E-state index contributed by atoms with van der Waals surface area (Å²) in [5.41, 5.74) is 1.32. The molecule has 150 valence electrons. The minimum absolute atomic E-state index is 0.0724. The van der Waals surface area contributed by atoms with Gasteiger partial charge in [-0.25, -0.2) is 4.98 Å². The molecule has 0 saturated heterocycles. The van der Waals surface area contributed by atoms with E-state index in [9.17, 15) is 4.79 Å². The Morgan fingerprint density at radius 3 is 2.79 bits per heavy atom. The van der Waals surface area contributed by atoms with Gasteiger partial charge in [-0.3, -0.25) is 9.36 Å². The molecule has 3 heterocycles. The van der Waals surface area contributed by atoms with Crippen LogP contribution in [0.4, 0.5) is 0 Å². The van der Waals surface area contributed by atoms with Gasteiger partial charge in [-0.15, -0.1) is 11.3 Å². The fourth-order valence-electron chi connectivity index (χ4n) is 3.63. The molecule has 0 fully saturated rings. The van der Waals surface area contributed by atoms with Crippen molar-refractivity contribution < 1.29 is 4.52 Å². The molecule has 1 aliphatic carbocycles. The third-order valence-electron chi connectivity index (χ3n) is 5.30. The first-order valence-electron chi connectivity index (χ1n) is 9.94. The number of aryl methyl sites for hydroxylation is 1. The highest BCUT2D eigenvalue weighted by Crippen LogP contribution is 2.38. The molecule has 2 atom stereocenters. The molecule has 0 radical (unpaired) electrons. The van der Waals surface area contributed by atoms with Crippen LogP contribution in [0.1, 0.15) is 74.4 Å². The van der Waals surface area contributed by atoms with Crippen molar-refractivity contribution in [2.24, 2.45) is 5.92 Å². The van der Waals surface area contributed by atoms with Crippen LogP contribution >= 0.6 is 23.1 Å². The van der Waals surface area contributed by atoms with E-state index in [1.807, 2.05) is 27.7 Å². The quantitative estimate of drug-likeness (QED) is 0.430. The molecule has 0 N–H and O–H groups in total. The van der Waals surface area contributed by atoms with Gasteiger partial charge in [0, 0.05) is 17.3 Å². The lowest BCUT2D eigenvalue weighted by atomic mass is 9.89. The summed E-state index contributed by atoms with van der Waals surface area (Å²) in [7, 11) is 0. The van der Waals surface area contributed by atoms with Crippen LogP contribution in [0.25, 0.3) is 10.2 Å². The predicted octanol–water partition coefficient (Wildman–Crippen LogP) is 4.96. The molecule has 1 aliphatic rings. The molecular weight excluding hydrogens is 392 g/mol. The Balaban J connectivity index is 1.73. The zero-order chi connectivity index (χ0) is 20.0. The van der Waals surface area contributed by atoms with E-state index in [1.165, 1.54) is 22.2 Å². The Bertz CT molecular complexity index is 1070. The van der Waals surface area contributed by atoms with Crippen LogP contribution < -0.4 is 5.56 Å². The molecule has 0 spiro atoms. The van der Waals surface area contributed by atoms with E-state index in [0.29, 0.717) is 24.2 Å². The van der Waals surface area contributed by atoms with Crippen LogP contribution in [0.3, 0.4) is 0 Å². The molecule has 3 aromatic rings. The SMILES string of the molecule is CCn1c(SC(C)c2nc(C(C)C)no2)nc2sc3c(c2c1=O)CCC(C)C3. The minimum atomic E-state index is -0.0724. The number of hydrogen-bond donors (Lipinski definition) is 0. The predicted molar refractivity (Wildman–Crippen MR) is 113 cm³/mol. The Kier molecular flexibility index (Phi) is 5.35. The van der Waals surface area contributed by atoms with Crippen LogP contribution in [0.5, 0.6) is 0 Å². The van der Waals surface area contributed by atoms with Gasteiger partial charge in [0.05, 0.1) is 10.6 Å². The molecule has 0 saturated carbocycles. The van der Waals surface area contributed by atoms with Gasteiger partial charge in [-0.2, -0.15) is 4.98 Å². The molecule has 8 heteroatoms. The van der Waals surface area contributed by atoms with E-state index in [4.69, 9.17) is 9.51 Å². The van der Waals surface area contributed by atoms with Crippen LogP contribution in [-0.4, -0.2) is 19.7 Å².